The predicted octanol–water partition coefficient (Wildman–Crippen LogP) is 3.60. The SMILES string of the molecule is CC(C)Cn1cc(NC(=O)c2noc3c2CCCC3)c(C(F)F)n1. The molecular formula is C16H20F2N4O2. The molecule has 0 saturated heterocycles. The summed E-state index contributed by atoms with van der Waals surface area (Å²) < 4.78 is 33.0. The van der Waals surface area contributed by atoms with Gasteiger partial charge in [0.2, 0.25) is 0 Å². The molecule has 1 aliphatic carbocycles. The van der Waals surface area contributed by atoms with E-state index in [1.54, 1.807) is 0 Å². The normalized spacial score (nSPS) is 14.2. The number of anilines is 1. The lowest BCUT2D eigenvalue weighted by molar-refractivity contribution is 0.101. The molecule has 2 aromatic rings. The third kappa shape index (κ3) is 3.32. The largest absolute Gasteiger partial charge is 0.360 e. The number of nitrogens with one attached hydrogen (secondary N) is 1. The number of halogens is 2. The average Bonchev–Trinajstić information content (AvgIpc) is 3.10. The molecule has 1 N–H and O–H groups in total. The molecule has 24 heavy (non-hydrogen) atoms. The maximum Gasteiger partial charge on any atom is 0.284 e. The molecule has 8 heteroatoms. The van der Waals surface area contributed by atoms with Crippen molar-refractivity contribution >= 4 is 11.6 Å². The Morgan fingerprint density at radius 1 is 1.38 bits per heavy atom. The molecular weight excluding hydrogens is 318 g/mol. The summed E-state index contributed by atoms with van der Waals surface area (Å²) in [5.74, 6) is 0.436. The second kappa shape index (κ2) is 6.70. The highest BCUT2D eigenvalue weighted by molar-refractivity contribution is 6.04. The van der Waals surface area contributed by atoms with E-state index < -0.39 is 18.0 Å². The van der Waals surface area contributed by atoms with Gasteiger partial charge in [-0.25, -0.2) is 8.78 Å². The van der Waals surface area contributed by atoms with Gasteiger partial charge in [-0.05, 0) is 25.2 Å². The summed E-state index contributed by atoms with van der Waals surface area (Å²) in [6, 6.07) is 0. The zero-order chi connectivity index (χ0) is 17.3. The minimum Gasteiger partial charge on any atom is -0.360 e. The van der Waals surface area contributed by atoms with E-state index in [0.29, 0.717) is 6.54 Å². The monoisotopic (exact) mass is 338 g/mol. The van der Waals surface area contributed by atoms with Crippen LogP contribution in [0.4, 0.5) is 14.5 Å². The van der Waals surface area contributed by atoms with Crippen molar-refractivity contribution in [2.45, 2.75) is 52.5 Å². The zero-order valence-electron chi connectivity index (χ0n) is 13.7. The van der Waals surface area contributed by atoms with Crippen LogP contribution in [0.1, 0.15) is 60.6 Å². The zero-order valence-corrected chi connectivity index (χ0v) is 13.7. The number of amides is 1. The number of aromatic nitrogens is 3. The topological polar surface area (TPSA) is 73.0 Å². The Morgan fingerprint density at radius 3 is 2.83 bits per heavy atom. The van der Waals surface area contributed by atoms with Crippen molar-refractivity contribution in [1.82, 2.24) is 14.9 Å². The number of nitrogens with zero attached hydrogens (tertiary/aromatic N) is 3. The Balaban J connectivity index is 1.83. The number of hydrogen-bond donors (Lipinski definition) is 1. The van der Waals surface area contributed by atoms with Crippen LogP contribution in [0.15, 0.2) is 10.7 Å². The van der Waals surface area contributed by atoms with E-state index in [9.17, 15) is 13.6 Å². The highest BCUT2D eigenvalue weighted by Gasteiger charge is 2.26. The molecule has 0 radical (unpaired) electrons. The summed E-state index contributed by atoms with van der Waals surface area (Å²) >= 11 is 0. The van der Waals surface area contributed by atoms with E-state index >= 15 is 0 Å². The summed E-state index contributed by atoms with van der Waals surface area (Å²) in [6.07, 6.45) is 2.11. The first kappa shape index (κ1) is 16.6. The van der Waals surface area contributed by atoms with Gasteiger partial charge in [0.15, 0.2) is 11.4 Å². The molecule has 3 rings (SSSR count). The van der Waals surface area contributed by atoms with Crippen LogP contribution in [-0.2, 0) is 19.4 Å². The molecule has 0 aromatic carbocycles. The first-order chi connectivity index (χ1) is 11.5. The van der Waals surface area contributed by atoms with Crippen LogP contribution in [0, 0.1) is 5.92 Å². The fraction of sp³-hybridized carbons (Fsp3) is 0.562. The van der Waals surface area contributed by atoms with Crippen molar-refractivity contribution in [3.8, 4) is 0 Å². The van der Waals surface area contributed by atoms with Gasteiger partial charge in [0.25, 0.3) is 12.3 Å². The first-order valence-electron chi connectivity index (χ1n) is 8.10. The molecule has 0 unspecified atom stereocenters. The van der Waals surface area contributed by atoms with E-state index in [1.807, 2.05) is 13.8 Å². The predicted molar refractivity (Wildman–Crippen MR) is 83.1 cm³/mol. The molecule has 1 amide bonds. The second-order valence-electron chi connectivity index (χ2n) is 6.44. The van der Waals surface area contributed by atoms with Gasteiger partial charge < -0.3 is 9.84 Å². The van der Waals surface area contributed by atoms with Crippen LogP contribution in [0.2, 0.25) is 0 Å². The van der Waals surface area contributed by atoms with Gasteiger partial charge >= 0.3 is 0 Å². The molecule has 130 valence electrons. The lowest BCUT2D eigenvalue weighted by Gasteiger charge is -2.09. The van der Waals surface area contributed by atoms with Crippen molar-refractivity contribution in [3.05, 3.63) is 28.9 Å². The molecule has 6 nitrogen and oxygen atoms in total. The van der Waals surface area contributed by atoms with Gasteiger partial charge in [-0.1, -0.05) is 19.0 Å². The summed E-state index contributed by atoms with van der Waals surface area (Å²) in [6.45, 7) is 4.42. The van der Waals surface area contributed by atoms with Gasteiger partial charge in [0, 0.05) is 24.7 Å². The number of fused-ring (bicyclic) bond motifs is 1. The molecule has 0 aliphatic heterocycles. The van der Waals surface area contributed by atoms with Gasteiger partial charge in [-0.15, -0.1) is 0 Å². The number of rotatable bonds is 5. The Bertz CT molecular complexity index is 737. The fourth-order valence-electron chi connectivity index (χ4n) is 2.91. The van der Waals surface area contributed by atoms with Crippen molar-refractivity contribution in [1.29, 1.82) is 0 Å². The standard InChI is InChI=1S/C16H20F2N4O2/c1-9(2)7-22-8-11(14(20-22)15(17)18)19-16(23)13-10-5-3-4-6-12(10)24-21-13/h8-9,15H,3-7H2,1-2H3,(H,19,23). The van der Waals surface area contributed by atoms with Gasteiger partial charge in [0.1, 0.15) is 5.76 Å². The number of carbonyl (C=O) groups excluding carboxylic acids is 1. The molecule has 1 aliphatic rings. The summed E-state index contributed by atoms with van der Waals surface area (Å²) in [5, 5.41) is 10.2. The molecule has 0 bridgehead atoms. The third-order valence-electron chi connectivity index (χ3n) is 3.96. The van der Waals surface area contributed by atoms with Gasteiger partial charge in [-0.2, -0.15) is 5.10 Å². The van der Waals surface area contributed by atoms with Crippen molar-refractivity contribution < 1.29 is 18.1 Å². The summed E-state index contributed by atoms with van der Waals surface area (Å²) in [7, 11) is 0. The lowest BCUT2D eigenvalue weighted by Crippen LogP contribution is -2.16. The Kier molecular flexibility index (Phi) is 4.64. The van der Waals surface area contributed by atoms with Crippen LogP contribution < -0.4 is 5.32 Å². The Hall–Kier alpha value is -2.25. The minimum absolute atomic E-state index is 0.0169. The van der Waals surface area contributed by atoms with Gasteiger partial charge in [0.05, 0.1) is 5.69 Å². The van der Waals surface area contributed by atoms with Crippen LogP contribution >= 0.6 is 0 Å². The van der Waals surface area contributed by atoms with Crippen LogP contribution in [0.5, 0.6) is 0 Å². The number of aryl methyl sites for hydroxylation is 1. The molecule has 0 spiro atoms. The smallest absolute Gasteiger partial charge is 0.284 e. The fourth-order valence-corrected chi connectivity index (χ4v) is 2.91. The average molecular weight is 338 g/mol. The van der Waals surface area contributed by atoms with Crippen LogP contribution in [0.3, 0.4) is 0 Å². The van der Waals surface area contributed by atoms with E-state index in [-0.39, 0.29) is 17.3 Å². The lowest BCUT2D eigenvalue weighted by atomic mass is 9.96. The molecule has 0 saturated carbocycles. The Morgan fingerprint density at radius 2 is 2.12 bits per heavy atom. The number of alkyl halides is 2. The van der Waals surface area contributed by atoms with Gasteiger partial charge in [-0.3, -0.25) is 9.48 Å². The van der Waals surface area contributed by atoms with E-state index in [0.717, 1.165) is 37.0 Å². The van der Waals surface area contributed by atoms with Crippen molar-refractivity contribution in [3.63, 3.8) is 0 Å². The Labute approximate surface area is 138 Å². The number of carbonyl (C=O) groups is 1. The van der Waals surface area contributed by atoms with E-state index in [2.05, 4.69) is 15.6 Å². The number of hydrogen-bond acceptors (Lipinski definition) is 4. The maximum atomic E-state index is 13.2. The minimum atomic E-state index is -2.76. The first-order valence-corrected chi connectivity index (χ1v) is 8.10. The molecule has 2 aromatic heterocycles. The highest BCUT2D eigenvalue weighted by Crippen LogP contribution is 2.28. The highest BCUT2D eigenvalue weighted by atomic mass is 19.3. The summed E-state index contributed by atoms with van der Waals surface area (Å²) in [5.41, 5.74) is 0.554. The van der Waals surface area contributed by atoms with Crippen molar-refractivity contribution in [2.24, 2.45) is 5.92 Å². The quantitative estimate of drug-likeness (QED) is 0.904. The molecule has 0 fully saturated rings. The molecule has 0 atom stereocenters. The summed E-state index contributed by atoms with van der Waals surface area (Å²) in [4.78, 5) is 12.4. The van der Waals surface area contributed by atoms with E-state index in [1.165, 1.54) is 10.9 Å². The third-order valence-corrected chi connectivity index (χ3v) is 3.96. The van der Waals surface area contributed by atoms with Crippen LogP contribution in [0.25, 0.3) is 0 Å². The maximum absolute atomic E-state index is 13.2. The van der Waals surface area contributed by atoms with Crippen LogP contribution in [-0.4, -0.2) is 20.8 Å². The van der Waals surface area contributed by atoms with Crippen molar-refractivity contribution in [2.75, 3.05) is 5.32 Å². The second-order valence-corrected chi connectivity index (χ2v) is 6.44. The molecule has 2 heterocycles. The van der Waals surface area contributed by atoms with E-state index in [4.69, 9.17) is 4.52 Å².